The molecule has 1 N–H and O–H groups in total. The third-order valence-corrected chi connectivity index (χ3v) is 5.20. The van der Waals surface area contributed by atoms with Crippen LogP contribution in [0.5, 0.6) is 0 Å². The molecule has 0 radical (unpaired) electrons. The lowest BCUT2D eigenvalue weighted by atomic mass is 9.79. The lowest BCUT2D eigenvalue weighted by Gasteiger charge is -2.34. The van der Waals surface area contributed by atoms with Crippen LogP contribution in [0.2, 0.25) is 0 Å². The molecule has 2 heteroatoms. The first-order valence-corrected chi connectivity index (χ1v) is 8.06. The summed E-state index contributed by atoms with van der Waals surface area (Å²) in [6.07, 6.45) is 11.0. The van der Waals surface area contributed by atoms with Gasteiger partial charge in [-0.15, -0.1) is 0 Å². The summed E-state index contributed by atoms with van der Waals surface area (Å²) < 4.78 is 5.58. The molecule has 1 aromatic rings. The molecule has 1 fully saturated rings. The van der Waals surface area contributed by atoms with Crippen molar-refractivity contribution in [2.75, 3.05) is 0 Å². The molecule has 3 rings (SSSR count). The van der Waals surface area contributed by atoms with Crippen LogP contribution in [0.15, 0.2) is 16.7 Å². The summed E-state index contributed by atoms with van der Waals surface area (Å²) in [5, 5.41) is 3.90. The van der Waals surface area contributed by atoms with Gasteiger partial charge in [0.05, 0.1) is 6.26 Å². The molecular formula is C17H27NO. The number of rotatable bonds is 3. The van der Waals surface area contributed by atoms with Gasteiger partial charge in [-0.2, -0.15) is 0 Å². The minimum Gasteiger partial charge on any atom is -0.469 e. The second kappa shape index (κ2) is 5.70. The monoisotopic (exact) mass is 261 g/mol. The zero-order valence-electron chi connectivity index (χ0n) is 12.3. The van der Waals surface area contributed by atoms with Crippen LogP contribution in [0.4, 0.5) is 0 Å². The van der Waals surface area contributed by atoms with Gasteiger partial charge in [0.1, 0.15) is 5.76 Å². The molecule has 2 aliphatic carbocycles. The Bertz CT molecular complexity index is 401. The summed E-state index contributed by atoms with van der Waals surface area (Å²) >= 11 is 0. The van der Waals surface area contributed by atoms with Crippen LogP contribution in [0.25, 0.3) is 0 Å². The van der Waals surface area contributed by atoms with E-state index in [-0.39, 0.29) is 0 Å². The summed E-state index contributed by atoms with van der Waals surface area (Å²) in [5.41, 5.74) is 1.43. The van der Waals surface area contributed by atoms with Crippen molar-refractivity contribution in [3.05, 3.63) is 23.7 Å². The molecule has 19 heavy (non-hydrogen) atoms. The summed E-state index contributed by atoms with van der Waals surface area (Å²) in [4.78, 5) is 0. The van der Waals surface area contributed by atoms with Gasteiger partial charge in [-0.3, -0.25) is 0 Å². The molecule has 106 valence electrons. The zero-order valence-corrected chi connectivity index (χ0v) is 12.3. The van der Waals surface area contributed by atoms with Crippen LogP contribution in [0.1, 0.15) is 69.7 Å². The lowest BCUT2D eigenvalue weighted by molar-refractivity contribution is 0.223. The Kier molecular flexibility index (Phi) is 3.97. The van der Waals surface area contributed by atoms with Crippen molar-refractivity contribution < 1.29 is 4.42 Å². The largest absolute Gasteiger partial charge is 0.469 e. The van der Waals surface area contributed by atoms with E-state index in [9.17, 15) is 0 Å². The summed E-state index contributed by atoms with van der Waals surface area (Å²) in [6, 6.07) is 3.44. The quantitative estimate of drug-likeness (QED) is 0.869. The van der Waals surface area contributed by atoms with E-state index in [4.69, 9.17) is 4.42 Å². The Hall–Kier alpha value is -0.760. The second-order valence-electron chi connectivity index (χ2n) is 6.77. The molecule has 1 aromatic heterocycles. The van der Waals surface area contributed by atoms with Crippen LogP contribution in [0, 0.1) is 11.8 Å². The fourth-order valence-corrected chi connectivity index (χ4v) is 3.90. The van der Waals surface area contributed by atoms with Crippen molar-refractivity contribution in [3.8, 4) is 0 Å². The second-order valence-corrected chi connectivity index (χ2v) is 6.77. The van der Waals surface area contributed by atoms with Crippen molar-refractivity contribution >= 4 is 0 Å². The fourth-order valence-electron chi connectivity index (χ4n) is 3.90. The maximum Gasteiger partial charge on any atom is 0.108 e. The normalized spacial score (nSPS) is 31.4. The predicted molar refractivity (Wildman–Crippen MR) is 78.1 cm³/mol. The Morgan fingerprint density at radius 3 is 2.68 bits per heavy atom. The molecule has 1 atom stereocenters. The first-order valence-electron chi connectivity index (χ1n) is 8.06. The third kappa shape index (κ3) is 2.89. The van der Waals surface area contributed by atoms with Gasteiger partial charge in [0.15, 0.2) is 0 Å². The molecule has 0 aromatic carbocycles. The fraction of sp³-hybridized carbons (Fsp3) is 0.765. The van der Waals surface area contributed by atoms with E-state index in [0.717, 1.165) is 24.3 Å². The molecule has 0 spiro atoms. The van der Waals surface area contributed by atoms with Crippen LogP contribution >= 0.6 is 0 Å². The Balaban J connectivity index is 1.56. The Labute approximate surface area is 117 Å². The van der Waals surface area contributed by atoms with E-state index in [0.29, 0.717) is 6.04 Å². The number of nitrogens with one attached hydrogen (secondary N) is 1. The smallest absolute Gasteiger partial charge is 0.108 e. The van der Waals surface area contributed by atoms with Crippen molar-refractivity contribution in [1.82, 2.24) is 5.32 Å². The van der Waals surface area contributed by atoms with Gasteiger partial charge in [-0.25, -0.2) is 0 Å². The van der Waals surface area contributed by atoms with E-state index < -0.39 is 0 Å². The van der Waals surface area contributed by atoms with Gasteiger partial charge < -0.3 is 9.73 Å². The van der Waals surface area contributed by atoms with Crippen LogP contribution < -0.4 is 5.32 Å². The van der Waals surface area contributed by atoms with Crippen molar-refractivity contribution in [3.63, 3.8) is 0 Å². The molecular weight excluding hydrogens is 234 g/mol. The molecule has 1 heterocycles. The van der Waals surface area contributed by atoms with Crippen LogP contribution in [-0.2, 0) is 6.42 Å². The summed E-state index contributed by atoms with van der Waals surface area (Å²) in [5.74, 6) is 3.03. The van der Waals surface area contributed by atoms with Gasteiger partial charge in [0, 0.05) is 24.1 Å². The Morgan fingerprint density at radius 2 is 1.95 bits per heavy atom. The number of aryl methyl sites for hydroxylation is 1. The maximum absolute atomic E-state index is 5.58. The first kappa shape index (κ1) is 13.2. The SMILES string of the molecule is CC(C)C1CCC(NC2CCCc3occc32)CC1. The minimum atomic E-state index is 0.545. The highest BCUT2D eigenvalue weighted by Crippen LogP contribution is 2.34. The third-order valence-electron chi connectivity index (χ3n) is 5.20. The highest BCUT2D eigenvalue weighted by molar-refractivity contribution is 5.24. The highest BCUT2D eigenvalue weighted by Gasteiger charge is 2.28. The number of fused-ring (bicyclic) bond motifs is 1. The minimum absolute atomic E-state index is 0.545. The molecule has 2 aliphatic rings. The maximum atomic E-state index is 5.58. The molecule has 1 saturated carbocycles. The first-order chi connectivity index (χ1) is 9.24. The number of hydrogen-bond donors (Lipinski definition) is 1. The molecule has 0 amide bonds. The topological polar surface area (TPSA) is 25.2 Å². The summed E-state index contributed by atoms with van der Waals surface area (Å²) in [7, 11) is 0. The van der Waals surface area contributed by atoms with Crippen molar-refractivity contribution in [2.24, 2.45) is 11.8 Å². The Morgan fingerprint density at radius 1 is 1.16 bits per heavy atom. The van der Waals surface area contributed by atoms with E-state index in [1.54, 1.807) is 0 Å². The standard InChI is InChI=1S/C17H27NO/c1-12(2)13-6-8-14(9-7-13)18-16-4-3-5-17-15(16)10-11-19-17/h10-14,16,18H,3-9H2,1-2H3. The molecule has 1 unspecified atom stereocenters. The van der Waals surface area contributed by atoms with Gasteiger partial charge >= 0.3 is 0 Å². The van der Waals surface area contributed by atoms with E-state index in [2.05, 4.69) is 25.2 Å². The van der Waals surface area contributed by atoms with E-state index in [1.165, 1.54) is 49.8 Å². The van der Waals surface area contributed by atoms with Crippen LogP contribution in [0.3, 0.4) is 0 Å². The molecule has 0 bridgehead atoms. The summed E-state index contributed by atoms with van der Waals surface area (Å²) in [6.45, 7) is 4.74. The average molecular weight is 261 g/mol. The van der Waals surface area contributed by atoms with Crippen molar-refractivity contribution in [1.29, 1.82) is 0 Å². The molecule has 0 aliphatic heterocycles. The van der Waals surface area contributed by atoms with Gasteiger partial charge in [-0.05, 0) is 56.4 Å². The molecule has 2 nitrogen and oxygen atoms in total. The van der Waals surface area contributed by atoms with E-state index in [1.807, 2.05) is 6.26 Å². The number of hydrogen-bond acceptors (Lipinski definition) is 2. The van der Waals surface area contributed by atoms with Gasteiger partial charge in [0.2, 0.25) is 0 Å². The van der Waals surface area contributed by atoms with Gasteiger partial charge in [0.25, 0.3) is 0 Å². The molecule has 0 saturated heterocycles. The van der Waals surface area contributed by atoms with Crippen molar-refractivity contribution in [2.45, 2.75) is 70.9 Å². The van der Waals surface area contributed by atoms with Crippen LogP contribution in [-0.4, -0.2) is 6.04 Å². The van der Waals surface area contributed by atoms with Gasteiger partial charge in [-0.1, -0.05) is 13.8 Å². The lowest BCUT2D eigenvalue weighted by Crippen LogP contribution is -2.37. The zero-order chi connectivity index (χ0) is 13.2. The van der Waals surface area contributed by atoms with E-state index >= 15 is 0 Å². The number of furan rings is 1. The average Bonchev–Trinajstić information content (AvgIpc) is 2.89. The predicted octanol–water partition coefficient (Wildman–Crippen LogP) is 4.46. The highest BCUT2D eigenvalue weighted by atomic mass is 16.3.